The number of benzene rings is 1. The van der Waals surface area contributed by atoms with Gasteiger partial charge in [0, 0.05) is 11.6 Å². The van der Waals surface area contributed by atoms with Gasteiger partial charge < -0.3 is 20.7 Å². The highest BCUT2D eigenvalue weighted by Crippen LogP contribution is 2.26. The van der Waals surface area contributed by atoms with Crippen molar-refractivity contribution in [2.24, 2.45) is 0 Å². The van der Waals surface area contributed by atoms with E-state index < -0.39 is 36.2 Å². The number of aliphatic hydroxyl groups is 2. The molecule has 0 radical (unpaired) electrons. The minimum Gasteiger partial charge on any atom is -0.466 e. The Morgan fingerprint density at radius 1 is 1.37 bits per heavy atom. The molecule has 0 amide bonds. The first-order valence-electron chi connectivity index (χ1n) is 5.63. The number of halogens is 2. The predicted molar refractivity (Wildman–Crippen MR) is 63.0 cm³/mol. The number of nitrogen functional groups attached to an aromatic ring is 1. The molecule has 1 aromatic carbocycles. The molecule has 4 N–H and O–H groups in total. The molecule has 19 heavy (non-hydrogen) atoms. The second-order valence-corrected chi connectivity index (χ2v) is 3.92. The Bertz CT molecular complexity index is 467. The molecule has 0 aliphatic carbocycles. The number of esters is 1. The number of hydrogen-bond acceptors (Lipinski definition) is 5. The summed E-state index contributed by atoms with van der Waals surface area (Å²) in [5.74, 6) is -2.75. The maximum atomic E-state index is 13.4. The van der Waals surface area contributed by atoms with E-state index in [1.165, 1.54) is 0 Å². The molecular weight excluding hydrogens is 260 g/mol. The highest BCUT2D eigenvalue weighted by atomic mass is 19.1. The highest BCUT2D eigenvalue weighted by Gasteiger charge is 2.25. The van der Waals surface area contributed by atoms with Crippen LogP contribution in [0.15, 0.2) is 12.1 Å². The average Bonchev–Trinajstić information content (AvgIpc) is 2.33. The first kappa shape index (κ1) is 15.3. The Balaban J connectivity index is 2.85. The lowest BCUT2D eigenvalue weighted by atomic mass is 10.0. The molecule has 5 nitrogen and oxygen atoms in total. The fourth-order valence-electron chi connectivity index (χ4n) is 1.52. The summed E-state index contributed by atoms with van der Waals surface area (Å²) < 4.78 is 31.0. The lowest BCUT2D eigenvalue weighted by Gasteiger charge is -2.18. The minimum absolute atomic E-state index is 0.125. The van der Waals surface area contributed by atoms with Crippen molar-refractivity contribution >= 4 is 11.7 Å². The number of ether oxygens (including phenoxy) is 1. The third-order valence-corrected chi connectivity index (χ3v) is 2.48. The van der Waals surface area contributed by atoms with Crippen LogP contribution in [0.2, 0.25) is 0 Å². The molecule has 0 aromatic heterocycles. The average molecular weight is 275 g/mol. The Morgan fingerprint density at radius 2 is 2.00 bits per heavy atom. The Hall–Kier alpha value is -1.73. The summed E-state index contributed by atoms with van der Waals surface area (Å²) in [7, 11) is 0. The monoisotopic (exact) mass is 275 g/mol. The molecule has 0 aliphatic heterocycles. The molecule has 0 saturated heterocycles. The zero-order valence-corrected chi connectivity index (χ0v) is 10.3. The van der Waals surface area contributed by atoms with Gasteiger partial charge in [-0.3, -0.25) is 4.79 Å². The van der Waals surface area contributed by atoms with Gasteiger partial charge in [0.05, 0.1) is 24.8 Å². The van der Waals surface area contributed by atoms with Crippen molar-refractivity contribution in [2.45, 2.75) is 25.6 Å². The zero-order valence-electron chi connectivity index (χ0n) is 10.3. The van der Waals surface area contributed by atoms with Crippen LogP contribution in [-0.4, -0.2) is 28.9 Å². The smallest absolute Gasteiger partial charge is 0.308 e. The van der Waals surface area contributed by atoms with E-state index in [-0.39, 0.29) is 17.9 Å². The van der Waals surface area contributed by atoms with Gasteiger partial charge in [0.25, 0.3) is 0 Å². The SMILES string of the molecule is CCOC(=O)CC(O)C(O)c1cc(N)c(F)cc1F. The number of rotatable bonds is 5. The third kappa shape index (κ3) is 3.87. The molecule has 1 aromatic rings. The van der Waals surface area contributed by atoms with Crippen LogP contribution in [0.3, 0.4) is 0 Å². The van der Waals surface area contributed by atoms with E-state index in [0.29, 0.717) is 6.07 Å². The maximum absolute atomic E-state index is 13.4. The quantitative estimate of drug-likeness (QED) is 0.548. The molecule has 0 saturated carbocycles. The van der Waals surface area contributed by atoms with E-state index in [2.05, 4.69) is 4.74 Å². The van der Waals surface area contributed by atoms with Gasteiger partial charge in [0.2, 0.25) is 0 Å². The van der Waals surface area contributed by atoms with E-state index in [1.807, 2.05) is 0 Å². The standard InChI is InChI=1S/C12H15F2NO4/c1-2-19-11(17)5-10(16)12(18)6-3-9(15)8(14)4-7(6)13/h3-4,10,12,16,18H,2,5,15H2,1H3. The van der Waals surface area contributed by atoms with Crippen LogP contribution in [0.5, 0.6) is 0 Å². The number of hydrogen-bond donors (Lipinski definition) is 3. The van der Waals surface area contributed by atoms with Gasteiger partial charge in [-0.1, -0.05) is 0 Å². The van der Waals surface area contributed by atoms with Crippen molar-refractivity contribution < 1.29 is 28.5 Å². The topological polar surface area (TPSA) is 92.8 Å². The Morgan fingerprint density at radius 3 is 2.58 bits per heavy atom. The summed E-state index contributed by atoms with van der Waals surface area (Å²) in [6, 6.07) is 1.38. The highest BCUT2D eigenvalue weighted by molar-refractivity contribution is 5.70. The molecule has 1 rings (SSSR count). The number of carbonyl (C=O) groups is 1. The molecule has 0 bridgehead atoms. The molecule has 0 fully saturated rings. The third-order valence-electron chi connectivity index (χ3n) is 2.48. The van der Waals surface area contributed by atoms with Gasteiger partial charge in [-0.25, -0.2) is 8.78 Å². The summed E-state index contributed by atoms with van der Waals surface area (Å²) in [6.45, 7) is 1.71. The van der Waals surface area contributed by atoms with Crippen LogP contribution in [0, 0.1) is 11.6 Å². The summed E-state index contributed by atoms with van der Waals surface area (Å²) in [4.78, 5) is 11.1. The van der Waals surface area contributed by atoms with Gasteiger partial charge in [-0.15, -0.1) is 0 Å². The van der Waals surface area contributed by atoms with E-state index >= 15 is 0 Å². The van der Waals surface area contributed by atoms with Crippen LogP contribution in [-0.2, 0) is 9.53 Å². The van der Waals surface area contributed by atoms with Crippen molar-refractivity contribution in [3.63, 3.8) is 0 Å². The summed E-state index contributed by atoms with van der Waals surface area (Å²) in [5.41, 5.74) is 4.51. The fraction of sp³-hybridized carbons (Fsp3) is 0.417. The van der Waals surface area contributed by atoms with Crippen LogP contribution >= 0.6 is 0 Å². The molecule has 0 aliphatic rings. The number of aliphatic hydroxyl groups excluding tert-OH is 2. The fourth-order valence-corrected chi connectivity index (χ4v) is 1.52. The molecule has 106 valence electrons. The number of carbonyl (C=O) groups excluding carboxylic acids is 1. The van der Waals surface area contributed by atoms with Crippen molar-refractivity contribution in [1.82, 2.24) is 0 Å². The van der Waals surface area contributed by atoms with Crippen molar-refractivity contribution in [3.8, 4) is 0 Å². The van der Waals surface area contributed by atoms with Crippen molar-refractivity contribution in [2.75, 3.05) is 12.3 Å². The number of nitrogens with two attached hydrogens (primary N) is 1. The van der Waals surface area contributed by atoms with Crippen LogP contribution < -0.4 is 5.73 Å². The summed E-state index contributed by atoms with van der Waals surface area (Å²) >= 11 is 0. The van der Waals surface area contributed by atoms with Gasteiger partial charge >= 0.3 is 5.97 Å². The molecule has 7 heteroatoms. The van der Waals surface area contributed by atoms with Gasteiger partial charge in [-0.05, 0) is 13.0 Å². The molecule has 0 heterocycles. The second kappa shape index (κ2) is 6.44. The van der Waals surface area contributed by atoms with Crippen molar-refractivity contribution in [1.29, 1.82) is 0 Å². The van der Waals surface area contributed by atoms with Gasteiger partial charge in [0.1, 0.15) is 17.7 Å². The van der Waals surface area contributed by atoms with Crippen molar-refractivity contribution in [3.05, 3.63) is 29.3 Å². The van der Waals surface area contributed by atoms with Gasteiger partial charge in [0.15, 0.2) is 0 Å². The predicted octanol–water partition coefficient (Wildman–Crippen LogP) is 0.895. The van der Waals surface area contributed by atoms with Crippen LogP contribution in [0.25, 0.3) is 0 Å². The lowest BCUT2D eigenvalue weighted by Crippen LogP contribution is -2.24. The number of anilines is 1. The second-order valence-electron chi connectivity index (χ2n) is 3.92. The molecule has 0 spiro atoms. The molecule has 2 unspecified atom stereocenters. The Labute approximate surface area is 108 Å². The first-order chi connectivity index (χ1) is 8.86. The lowest BCUT2D eigenvalue weighted by molar-refractivity contribution is -0.147. The van der Waals surface area contributed by atoms with Crippen LogP contribution in [0.4, 0.5) is 14.5 Å². The minimum atomic E-state index is -1.70. The first-order valence-corrected chi connectivity index (χ1v) is 5.63. The molecular formula is C12H15F2NO4. The largest absolute Gasteiger partial charge is 0.466 e. The van der Waals surface area contributed by atoms with E-state index in [4.69, 9.17) is 5.73 Å². The molecule has 2 atom stereocenters. The maximum Gasteiger partial charge on any atom is 0.308 e. The van der Waals surface area contributed by atoms with E-state index in [9.17, 15) is 23.8 Å². The van der Waals surface area contributed by atoms with Crippen LogP contribution in [0.1, 0.15) is 25.0 Å². The normalized spacial score (nSPS) is 13.9. The van der Waals surface area contributed by atoms with Gasteiger partial charge in [-0.2, -0.15) is 0 Å². The summed E-state index contributed by atoms with van der Waals surface area (Å²) in [6.07, 6.45) is -3.78. The van der Waals surface area contributed by atoms with E-state index in [0.717, 1.165) is 6.07 Å². The summed E-state index contributed by atoms with van der Waals surface area (Å²) in [5, 5.41) is 19.3. The van der Waals surface area contributed by atoms with E-state index in [1.54, 1.807) is 6.92 Å². The zero-order chi connectivity index (χ0) is 14.6. The Kier molecular flexibility index (Phi) is 5.20.